The number of amides is 1. The Kier molecular flexibility index (Phi) is 7.38. The highest BCUT2D eigenvalue weighted by Crippen LogP contribution is 2.29. The van der Waals surface area contributed by atoms with Crippen molar-refractivity contribution in [2.24, 2.45) is 11.8 Å². The number of ether oxygens (including phenoxy) is 1. The molecule has 5 nitrogen and oxygen atoms in total. The predicted octanol–water partition coefficient (Wildman–Crippen LogP) is 4.52. The van der Waals surface area contributed by atoms with E-state index in [1.165, 1.54) is 0 Å². The lowest BCUT2D eigenvalue weighted by Crippen LogP contribution is -2.42. The molecular weight excluding hydrogens is 350 g/mol. The molecule has 1 aliphatic heterocycles. The monoisotopic (exact) mass is 379 g/mol. The molecule has 2 rings (SSSR count). The summed E-state index contributed by atoms with van der Waals surface area (Å²) in [6.07, 6.45) is 2.06. The number of carbonyl (C=O) groups is 2. The molecule has 0 aromatic heterocycles. The molecule has 0 radical (unpaired) electrons. The summed E-state index contributed by atoms with van der Waals surface area (Å²) in [6, 6.07) is 9.89. The summed E-state index contributed by atoms with van der Waals surface area (Å²) in [6.45, 7) is 6.86. The standard InChI is InChI=1S/C20H29NO4S/c1-20(2,3)25-19(24)21-11-9-15(10-12-21)13-16(18(22)23)14-26-17-7-5-4-6-8-17/h4-8,15-16H,9-14H2,1-3H3,(H,22,23). The molecule has 1 heterocycles. The molecule has 1 N–H and O–H groups in total. The lowest BCUT2D eigenvalue weighted by atomic mass is 9.88. The molecule has 1 aromatic rings. The van der Waals surface area contributed by atoms with Gasteiger partial charge in [0.05, 0.1) is 5.92 Å². The number of nitrogens with zero attached hydrogens (tertiary/aromatic N) is 1. The van der Waals surface area contributed by atoms with Crippen LogP contribution in [0.25, 0.3) is 0 Å². The van der Waals surface area contributed by atoms with Gasteiger partial charge in [-0.05, 0) is 58.1 Å². The topological polar surface area (TPSA) is 66.8 Å². The number of carbonyl (C=O) groups excluding carboxylic acids is 1. The van der Waals surface area contributed by atoms with Crippen LogP contribution < -0.4 is 0 Å². The maximum Gasteiger partial charge on any atom is 0.410 e. The molecule has 0 saturated carbocycles. The lowest BCUT2D eigenvalue weighted by Gasteiger charge is -2.34. The van der Waals surface area contributed by atoms with E-state index in [-0.39, 0.29) is 12.0 Å². The number of rotatable bonds is 6. The van der Waals surface area contributed by atoms with E-state index >= 15 is 0 Å². The zero-order valence-electron chi connectivity index (χ0n) is 15.8. The second-order valence-electron chi connectivity index (χ2n) is 7.81. The number of thioether (sulfide) groups is 1. The molecule has 0 spiro atoms. The fraction of sp³-hybridized carbons (Fsp3) is 0.600. The molecule has 1 aromatic carbocycles. The van der Waals surface area contributed by atoms with Gasteiger partial charge in [0.2, 0.25) is 0 Å². The van der Waals surface area contributed by atoms with Crippen molar-refractivity contribution in [2.45, 2.75) is 50.5 Å². The summed E-state index contributed by atoms with van der Waals surface area (Å²) in [5.41, 5.74) is -0.489. The van der Waals surface area contributed by atoms with E-state index in [0.717, 1.165) is 17.7 Å². The normalized spacial score (nSPS) is 17.0. The van der Waals surface area contributed by atoms with E-state index in [1.807, 2.05) is 51.1 Å². The highest BCUT2D eigenvalue weighted by molar-refractivity contribution is 7.99. The van der Waals surface area contributed by atoms with E-state index in [1.54, 1.807) is 16.7 Å². The minimum absolute atomic E-state index is 0.273. The highest BCUT2D eigenvalue weighted by atomic mass is 32.2. The van der Waals surface area contributed by atoms with Crippen LogP contribution >= 0.6 is 11.8 Å². The van der Waals surface area contributed by atoms with Crippen molar-refractivity contribution in [1.29, 1.82) is 0 Å². The van der Waals surface area contributed by atoms with Gasteiger partial charge in [-0.1, -0.05) is 18.2 Å². The van der Waals surface area contributed by atoms with Gasteiger partial charge >= 0.3 is 12.1 Å². The number of piperidine rings is 1. The summed E-state index contributed by atoms with van der Waals surface area (Å²) >= 11 is 1.59. The van der Waals surface area contributed by atoms with Crippen molar-refractivity contribution < 1.29 is 19.4 Å². The van der Waals surface area contributed by atoms with Gasteiger partial charge in [0.1, 0.15) is 5.60 Å². The van der Waals surface area contributed by atoms with Crippen LogP contribution in [0.15, 0.2) is 35.2 Å². The number of carboxylic acids is 1. The van der Waals surface area contributed by atoms with E-state index in [0.29, 0.717) is 31.2 Å². The summed E-state index contributed by atoms with van der Waals surface area (Å²) in [4.78, 5) is 26.6. The smallest absolute Gasteiger partial charge is 0.410 e. The van der Waals surface area contributed by atoms with Crippen molar-refractivity contribution in [3.8, 4) is 0 Å². The predicted molar refractivity (Wildman–Crippen MR) is 103 cm³/mol. The summed E-state index contributed by atoms with van der Waals surface area (Å²) < 4.78 is 5.41. The van der Waals surface area contributed by atoms with Gasteiger partial charge in [-0.25, -0.2) is 4.79 Å². The Morgan fingerprint density at radius 1 is 1.23 bits per heavy atom. The maximum atomic E-state index is 12.1. The fourth-order valence-electron chi connectivity index (χ4n) is 3.03. The second kappa shape index (κ2) is 9.31. The average Bonchev–Trinajstić information content (AvgIpc) is 2.58. The highest BCUT2D eigenvalue weighted by Gasteiger charge is 2.29. The summed E-state index contributed by atoms with van der Waals surface area (Å²) in [5.74, 6) is -0.182. The molecule has 1 aliphatic rings. The average molecular weight is 380 g/mol. The van der Waals surface area contributed by atoms with Crippen molar-refractivity contribution >= 4 is 23.8 Å². The first kappa shape index (κ1) is 20.6. The second-order valence-corrected chi connectivity index (χ2v) is 8.90. The Balaban J connectivity index is 1.80. The van der Waals surface area contributed by atoms with Crippen LogP contribution in [0.1, 0.15) is 40.0 Å². The van der Waals surface area contributed by atoms with Crippen LogP contribution in [0.5, 0.6) is 0 Å². The maximum absolute atomic E-state index is 12.1. The zero-order valence-corrected chi connectivity index (χ0v) is 16.6. The Labute approximate surface area is 160 Å². The Morgan fingerprint density at radius 2 is 1.85 bits per heavy atom. The van der Waals surface area contributed by atoms with Crippen molar-refractivity contribution in [3.63, 3.8) is 0 Å². The van der Waals surface area contributed by atoms with E-state index in [4.69, 9.17) is 4.74 Å². The molecular formula is C20H29NO4S. The summed E-state index contributed by atoms with van der Waals surface area (Å²) in [5, 5.41) is 9.55. The molecule has 1 amide bonds. The van der Waals surface area contributed by atoms with Gasteiger partial charge in [-0.15, -0.1) is 11.8 Å². The molecule has 1 unspecified atom stereocenters. The number of hydrogen-bond acceptors (Lipinski definition) is 4. The first-order valence-corrected chi connectivity index (χ1v) is 10.1. The fourth-order valence-corrected chi connectivity index (χ4v) is 4.06. The van der Waals surface area contributed by atoms with Gasteiger partial charge in [0.15, 0.2) is 0 Å². The van der Waals surface area contributed by atoms with Gasteiger partial charge in [0, 0.05) is 23.7 Å². The van der Waals surface area contributed by atoms with Gasteiger partial charge in [-0.2, -0.15) is 0 Å². The minimum Gasteiger partial charge on any atom is -0.481 e. The number of carboxylic acid groups (broad SMARTS) is 1. The van der Waals surface area contributed by atoms with E-state index in [9.17, 15) is 14.7 Å². The van der Waals surface area contributed by atoms with Crippen LogP contribution in [0.3, 0.4) is 0 Å². The van der Waals surface area contributed by atoms with Crippen LogP contribution in [-0.4, -0.2) is 46.5 Å². The molecule has 144 valence electrons. The van der Waals surface area contributed by atoms with Crippen LogP contribution in [0.2, 0.25) is 0 Å². The van der Waals surface area contributed by atoms with Crippen molar-refractivity contribution in [1.82, 2.24) is 4.90 Å². The molecule has 1 saturated heterocycles. The molecule has 0 bridgehead atoms. The molecule has 0 aliphatic carbocycles. The van der Waals surface area contributed by atoms with Crippen LogP contribution in [0.4, 0.5) is 4.79 Å². The summed E-state index contributed by atoms with van der Waals surface area (Å²) in [7, 11) is 0. The third-order valence-corrected chi connectivity index (χ3v) is 5.60. The Bertz CT molecular complexity index is 592. The molecule has 1 fully saturated rings. The number of aliphatic carboxylic acids is 1. The number of likely N-dealkylation sites (tertiary alicyclic amines) is 1. The largest absolute Gasteiger partial charge is 0.481 e. The Hall–Kier alpha value is -1.69. The quantitative estimate of drug-likeness (QED) is 0.736. The third-order valence-electron chi connectivity index (χ3n) is 4.43. The first-order chi connectivity index (χ1) is 12.2. The number of benzene rings is 1. The Morgan fingerprint density at radius 3 is 2.38 bits per heavy atom. The third kappa shape index (κ3) is 6.90. The zero-order chi connectivity index (χ0) is 19.2. The van der Waals surface area contributed by atoms with Gasteiger partial charge in [0.25, 0.3) is 0 Å². The lowest BCUT2D eigenvalue weighted by molar-refractivity contribution is -0.141. The molecule has 26 heavy (non-hydrogen) atoms. The number of hydrogen-bond donors (Lipinski definition) is 1. The van der Waals surface area contributed by atoms with Crippen LogP contribution in [-0.2, 0) is 9.53 Å². The minimum atomic E-state index is -0.733. The van der Waals surface area contributed by atoms with Gasteiger partial charge < -0.3 is 14.7 Å². The first-order valence-electron chi connectivity index (χ1n) is 9.13. The SMILES string of the molecule is CC(C)(C)OC(=O)N1CCC(CC(CSc2ccccc2)C(=O)O)CC1. The van der Waals surface area contributed by atoms with Crippen molar-refractivity contribution in [3.05, 3.63) is 30.3 Å². The molecule has 6 heteroatoms. The van der Waals surface area contributed by atoms with E-state index in [2.05, 4.69) is 0 Å². The van der Waals surface area contributed by atoms with Crippen molar-refractivity contribution in [2.75, 3.05) is 18.8 Å². The van der Waals surface area contributed by atoms with E-state index < -0.39 is 11.6 Å². The van der Waals surface area contributed by atoms with Crippen LogP contribution in [0, 0.1) is 11.8 Å². The van der Waals surface area contributed by atoms with Gasteiger partial charge in [-0.3, -0.25) is 4.79 Å². The molecule has 1 atom stereocenters.